The smallest absolute Gasteiger partial charge is 0.165 e. The summed E-state index contributed by atoms with van der Waals surface area (Å²) in [6, 6.07) is 10.5. The fourth-order valence-corrected chi connectivity index (χ4v) is 2.19. The second-order valence-corrected chi connectivity index (χ2v) is 4.59. The molecule has 0 spiro atoms. The van der Waals surface area contributed by atoms with E-state index in [0.29, 0.717) is 12.2 Å². The molecule has 0 aliphatic carbocycles. The number of nitrogens with two attached hydrogens (primary N) is 1. The standard InChI is InChI=1S/C15H14FN3O/c1-20-15-5-2-10(6-13(15)16)9-19-14-7-12(17)4-3-11(14)8-18-19/h2-8H,9,17H2,1H3. The molecule has 5 heteroatoms. The van der Waals surface area contributed by atoms with E-state index in [0.717, 1.165) is 16.5 Å². The van der Waals surface area contributed by atoms with Crippen LogP contribution in [0.4, 0.5) is 10.1 Å². The summed E-state index contributed by atoms with van der Waals surface area (Å²) in [5.74, 6) is -0.135. The van der Waals surface area contributed by atoms with Gasteiger partial charge in [-0.1, -0.05) is 6.07 Å². The van der Waals surface area contributed by atoms with Gasteiger partial charge in [-0.3, -0.25) is 4.68 Å². The molecule has 0 aliphatic rings. The van der Waals surface area contributed by atoms with Crippen molar-refractivity contribution in [3.8, 4) is 5.75 Å². The number of halogens is 1. The second kappa shape index (κ2) is 4.85. The molecule has 0 amide bonds. The van der Waals surface area contributed by atoms with E-state index in [1.54, 1.807) is 16.9 Å². The number of methoxy groups -OCH3 is 1. The molecule has 20 heavy (non-hydrogen) atoms. The Morgan fingerprint density at radius 2 is 2.10 bits per heavy atom. The van der Waals surface area contributed by atoms with Crippen LogP contribution < -0.4 is 10.5 Å². The summed E-state index contributed by atoms with van der Waals surface area (Å²) in [6.45, 7) is 0.480. The van der Waals surface area contributed by atoms with E-state index < -0.39 is 0 Å². The minimum absolute atomic E-state index is 0.239. The van der Waals surface area contributed by atoms with Crippen molar-refractivity contribution in [2.24, 2.45) is 0 Å². The molecule has 0 aliphatic heterocycles. The minimum Gasteiger partial charge on any atom is -0.494 e. The predicted octanol–water partition coefficient (Wildman–Crippen LogP) is 2.81. The maximum atomic E-state index is 13.7. The van der Waals surface area contributed by atoms with Crippen LogP contribution in [0.15, 0.2) is 42.6 Å². The van der Waals surface area contributed by atoms with Crippen LogP contribution >= 0.6 is 0 Å². The van der Waals surface area contributed by atoms with Crippen molar-refractivity contribution in [2.75, 3.05) is 12.8 Å². The number of rotatable bonds is 3. The molecule has 0 atom stereocenters. The summed E-state index contributed by atoms with van der Waals surface area (Å²) in [7, 11) is 1.45. The highest BCUT2D eigenvalue weighted by atomic mass is 19.1. The first kappa shape index (κ1) is 12.5. The maximum Gasteiger partial charge on any atom is 0.165 e. The first-order chi connectivity index (χ1) is 9.67. The van der Waals surface area contributed by atoms with Gasteiger partial charge in [-0.15, -0.1) is 0 Å². The average Bonchev–Trinajstić information content (AvgIpc) is 2.82. The number of benzene rings is 2. The van der Waals surface area contributed by atoms with E-state index in [2.05, 4.69) is 5.10 Å². The Morgan fingerprint density at radius 3 is 2.85 bits per heavy atom. The SMILES string of the molecule is COc1ccc(Cn2ncc3ccc(N)cc32)cc1F. The molecule has 0 saturated carbocycles. The maximum absolute atomic E-state index is 13.7. The molecule has 0 unspecified atom stereocenters. The molecule has 0 saturated heterocycles. The van der Waals surface area contributed by atoms with Crippen molar-refractivity contribution in [1.82, 2.24) is 9.78 Å². The molecular formula is C15H14FN3O. The summed E-state index contributed by atoms with van der Waals surface area (Å²) >= 11 is 0. The van der Waals surface area contributed by atoms with Crippen LogP contribution in [0.3, 0.4) is 0 Å². The average molecular weight is 271 g/mol. The highest BCUT2D eigenvalue weighted by Crippen LogP contribution is 2.21. The number of fused-ring (bicyclic) bond motifs is 1. The van der Waals surface area contributed by atoms with E-state index in [4.69, 9.17) is 10.5 Å². The van der Waals surface area contributed by atoms with E-state index in [9.17, 15) is 4.39 Å². The number of hydrogen-bond donors (Lipinski definition) is 1. The molecular weight excluding hydrogens is 257 g/mol. The lowest BCUT2D eigenvalue weighted by Crippen LogP contribution is -2.02. The molecule has 2 aromatic carbocycles. The number of anilines is 1. The van der Waals surface area contributed by atoms with Gasteiger partial charge in [0.15, 0.2) is 11.6 Å². The Morgan fingerprint density at radius 1 is 1.25 bits per heavy atom. The van der Waals surface area contributed by atoms with Crippen molar-refractivity contribution >= 4 is 16.6 Å². The second-order valence-electron chi connectivity index (χ2n) is 4.59. The first-order valence-corrected chi connectivity index (χ1v) is 6.21. The van der Waals surface area contributed by atoms with Crippen LogP contribution in [0.2, 0.25) is 0 Å². The summed E-state index contributed by atoms with van der Waals surface area (Å²) in [5.41, 5.74) is 8.22. The number of nitrogens with zero attached hydrogens (tertiary/aromatic N) is 2. The van der Waals surface area contributed by atoms with Crippen molar-refractivity contribution in [2.45, 2.75) is 6.54 Å². The van der Waals surface area contributed by atoms with Gasteiger partial charge in [0.25, 0.3) is 0 Å². The van der Waals surface area contributed by atoms with Crippen LogP contribution in [-0.2, 0) is 6.54 Å². The lowest BCUT2D eigenvalue weighted by molar-refractivity contribution is 0.386. The zero-order valence-corrected chi connectivity index (χ0v) is 11.0. The molecule has 2 N–H and O–H groups in total. The Balaban J connectivity index is 1.97. The summed E-state index contributed by atoms with van der Waals surface area (Å²) in [6.07, 6.45) is 1.77. The molecule has 0 radical (unpaired) electrons. The highest BCUT2D eigenvalue weighted by Gasteiger charge is 2.07. The summed E-state index contributed by atoms with van der Waals surface area (Å²) in [5, 5.41) is 5.32. The third-order valence-electron chi connectivity index (χ3n) is 3.22. The quantitative estimate of drug-likeness (QED) is 0.745. The number of aromatic nitrogens is 2. The number of hydrogen-bond acceptors (Lipinski definition) is 3. The van der Waals surface area contributed by atoms with E-state index in [-0.39, 0.29) is 11.6 Å². The Hall–Kier alpha value is -2.56. The Bertz CT molecular complexity index is 767. The predicted molar refractivity (Wildman–Crippen MR) is 76.2 cm³/mol. The van der Waals surface area contributed by atoms with Gasteiger partial charge in [-0.05, 0) is 35.9 Å². The van der Waals surface area contributed by atoms with E-state index in [1.807, 2.05) is 24.3 Å². The minimum atomic E-state index is -0.374. The monoisotopic (exact) mass is 271 g/mol. The van der Waals surface area contributed by atoms with Crippen LogP contribution in [0.25, 0.3) is 10.9 Å². The normalized spacial score (nSPS) is 10.9. The molecule has 3 aromatic rings. The molecule has 4 nitrogen and oxygen atoms in total. The highest BCUT2D eigenvalue weighted by molar-refractivity contribution is 5.81. The van der Waals surface area contributed by atoms with Crippen LogP contribution in [0, 0.1) is 5.82 Å². The van der Waals surface area contributed by atoms with Crippen LogP contribution in [-0.4, -0.2) is 16.9 Å². The lowest BCUT2D eigenvalue weighted by atomic mass is 10.2. The van der Waals surface area contributed by atoms with Crippen LogP contribution in [0.5, 0.6) is 5.75 Å². The molecule has 1 aromatic heterocycles. The van der Waals surface area contributed by atoms with Crippen LogP contribution in [0.1, 0.15) is 5.56 Å². The zero-order chi connectivity index (χ0) is 14.1. The molecule has 0 fully saturated rings. The van der Waals surface area contributed by atoms with Gasteiger partial charge in [0.1, 0.15) is 0 Å². The Kier molecular flexibility index (Phi) is 3.02. The van der Waals surface area contributed by atoms with Gasteiger partial charge in [-0.2, -0.15) is 5.10 Å². The molecule has 3 rings (SSSR count). The third-order valence-corrected chi connectivity index (χ3v) is 3.22. The number of ether oxygens (including phenoxy) is 1. The zero-order valence-electron chi connectivity index (χ0n) is 11.0. The topological polar surface area (TPSA) is 53.1 Å². The summed E-state index contributed by atoms with van der Waals surface area (Å²) in [4.78, 5) is 0. The van der Waals surface area contributed by atoms with Crippen molar-refractivity contribution in [3.63, 3.8) is 0 Å². The fourth-order valence-electron chi connectivity index (χ4n) is 2.19. The van der Waals surface area contributed by atoms with Gasteiger partial charge in [0.05, 0.1) is 25.4 Å². The van der Waals surface area contributed by atoms with Crippen molar-refractivity contribution in [3.05, 3.63) is 54.0 Å². The van der Waals surface area contributed by atoms with Gasteiger partial charge >= 0.3 is 0 Å². The molecule has 102 valence electrons. The van der Waals surface area contributed by atoms with Gasteiger partial charge < -0.3 is 10.5 Å². The van der Waals surface area contributed by atoms with E-state index >= 15 is 0 Å². The fraction of sp³-hybridized carbons (Fsp3) is 0.133. The van der Waals surface area contributed by atoms with Crippen molar-refractivity contribution < 1.29 is 9.13 Å². The summed E-state index contributed by atoms with van der Waals surface area (Å²) < 4.78 is 20.4. The van der Waals surface area contributed by atoms with Gasteiger partial charge in [0, 0.05) is 11.1 Å². The van der Waals surface area contributed by atoms with Crippen molar-refractivity contribution in [1.29, 1.82) is 0 Å². The molecule has 1 heterocycles. The largest absolute Gasteiger partial charge is 0.494 e. The Labute approximate surface area is 115 Å². The molecule has 0 bridgehead atoms. The number of nitrogen functional groups attached to an aromatic ring is 1. The van der Waals surface area contributed by atoms with E-state index in [1.165, 1.54) is 13.2 Å². The van der Waals surface area contributed by atoms with Gasteiger partial charge in [-0.25, -0.2) is 4.39 Å². The lowest BCUT2D eigenvalue weighted by Gasteiger charge is -2.07. The third kappa shape index (κ3) is 2.18. The van der Waals surface area contributed by atoms with Gasteiger partial charge in [0.2, 0.25) is 0 Å². The first-order valence-electron chi connectivity index (χ1n) is 6.21.